The molecule has 2 heterocycles. The zero-order valence-corrected chi connectivity index (χ0v) is 9.18. The molecule has 19 heavy (non-hydrogen) atoms. The average molecular weight is 285 g/mol. The normalized spacial score (nSPS) is 59.1. The number of aromatic nitrogens is 1. The number of fused-ring (bicyclic) bond motifs is 1. The van der Waals surface area contributed by atoms with Crippen LogP contribution in [-0.2, 0) is 6.18 Å². The SMILES string of the molecule is [2H]c1nc(N([2H])C([2H])([2H])[C@@]2([2H])N([2H])C([2H])([2H])[C@]3([2H])C[C@]3([2H])C2([2H])[2H])c([2H])c([2H])c1C(F)(F)F. The predicted molar refractivity (Wildman–Crippen MR) is 65.7 cm³/mol. The number of alkyl halides is 3. The van der Waals surface area contributed by atoms with Crippen molar-refractivity contribution in [2.45, 2.75) is 25.0 Å². The molecule has 1 aliphatic heterocycles. The summed E-state index contributed by atoms with van der Waals surface area (Å²) in [5.74, 6) is -6.68. The van der Waals surface area contributed by atoms with Crippen LogP contribution < -0.4 is 10.6 Å². The zero-order valence-electron chi connectivity index (χ0n) is 23.2. The van der Waals surface area contributed by atoms with Gasteiger partial charge in [0.25, 0.3) is 0 Å². The molecule has 1 aromatic heterocycles. The Kier molecular flexibility index (Phi) is 1.07. The van der Waals surface area contributed by atoms with Gasteiger partial charge in [-0.15, -0.1) is 0 Å². The minimum Gasteiger partial charge on any atom is -0.369 e. The van der Waals surface area contributed by atoms with Crippen molar-refractivity contribution < 1.29 is 32.4 Å². The monoisotopic (exact) mass is 285 g/mol. The Morgan fingerprint density at radius 1 is 1.68 bits per heavy atom. The van der Waals surface area contributed by atoms with Crippen molar-refractivity contribution in [2.75, 3.05) is 18.3 Å². The molecule has 3 nitrogen and oxygen atoms in total. The number of hydrogen-bond donors (Lipinski definition) is 2. The molecule has 1 saturated heterocycles. The van der Waals surface area contributed by atoms with Crippen molar-refractivity contribution in [1.82, 2.24) is 10.3 Å². The van der Waals surface area contributed by atoms with E-state index in [1.54, 1.807) is 0 Å². The maximum Gasteiger partial charge on any atom is 0.417 e. The minimum atomic E-state index is -5.28. The van der Waals surface area contributed by atoms with Gasteiger partial charge >= 0.3 is 6.18 Å². The molecule has 0 unspecified atom stereocenters. The van der Waals surface area contributed by atoms with Crippen molar-refractivity contribution in [1.29, 1.82) is 0 Å². The molecular formula is C13H16F3N3. The summed E-state index contributed by atoms with van der Waals surface area (Å²) in [4.78, 5) is 3.04. The molecule has 1 aliphatic carbocycles. The number of halogens is 3. The molecule has 0 amide bonds. The molecule has 1 aromatic rings. The Balaban J connectivity index is 2.22. The fourth-order valence-corrected chi connectivity index (χ4v) is 1.28. The van der Waals surface area contributed by atoms with Gasteiger partial charge in [0.15, 0.2) is 1.41 Å². The summed E-state index contributed by atoms with van der Waals surface area (Å²) < 4.78 is 152. The van der Waals surface area contributed by atoms with E-state index in [9.17, 15) is 13.2 Å². The van der Waals surface area contributed by atoms with E-state index in [1.807, 2.05) is 0 Å². The quantitative estimate of drug-likeness (QED) is 0.896. The van der Waals surface area contributed by atoms with Crippen molar-refractivity contribution in [2.24, 2.45) is 11.8 Å². The van der Waals surface area contributed by atoms with Gasteiger partial charge in [-0.1, -0.05) is 0 Å². The van der Waals surface area contributed by atoms with Crippen molar-refractivity contribution >= 4 is 5.82 Å². The summed E-state index contributed by atoms with van der Waals surface area (Å²) >= 11 is 0. The van der Waals surface area contributed by atoms with E-state index >= 15 is 0 Å². The first-order valence-corrected chi connectivity index (χ1v) is 5.12. The smallest absolute Gasteiger partial charge is 0.369 e. The lowest BCUT2D eigenvalue weighted by atomic mass is 10.1. The van der Waals surface area contributed by atoms with E-state index in [1.165, 1.54) is 0 Å². The molecular weight excluding hydrogens is 255 g/mol. The molecule has 2 aliphatic rings. The highest BCUT2D eigenvalue weighted by Crippen LogP contribution is 2.44. The van der Waals surface area contributed by atoms with E-state index in [0.717, 1.165) is 0 Å². The lowest BCUT2D eigenvalue weighted by Crippen LogP contribution is -2.40. The van der Waals surface area contributed by atoms with E-state index in [4.69, 9.17) is 19.3 Å². The first-order valence-electron chi connectivity index (χ1n) is 12.0. The molecule has 6 heteroatoms. The second-order valence-corrected chi connectivity index (χ2v) is 3.72. The summed E-state index contributed by atoms with van der Waals surface area (Å²) in [5, 5.41) is -1.11. The number of piperidine rings is 1. The summed E-state index contributed by atoms with van der Waals surface area (Å²) in [6.07, 6.45) is -11.3. The Morgan fingerprint density at radius 2 is 2.53 bits per heavy atom. The molecule has 0 spiro atoms. The number of nitrogens with zero attached hydrogens (tertiary/aromatic N) is 1. The highest BCUT2D eigenvalue weighted by atomic mass is 19.4. The van der Waals surface area contributed by atoms with Gasteiger partial charge in [-0.2, -0.15) is 13.2 Å². The number of rotatable bonds is 3. The molecule has 104 valence electrons. The standard InChI is InChI=1S/C13H16F3N3/c14-13(15,16)10-1-2-12(18-6-10)19-7-11-4-8-3-9(8)5-17-11/h1-2,6,8-9,11,17H,3-5,7H2,(H,18,19)/t8-,9+,11+/m1/s1/i1D,2D,4D2,5D2,6D,7D2,8D,9D,11D/hD2. The van der Waals surface area contributed by atoms with E-state index in [-0.39, 0.29) is 0 Å². The Morgan fingerprint density at radius 3 is 3.32 bits per heavy atom. The lowest BCUT2D eigenvalue weighted by molar-refractivity contribution is -0.137. The Hall–Kier alpha value is -1.30. The average Bonchev–Trinajstić information content (AvgIpc) is 3.26. The zero-order chi connectivity index (χ0) is 26.0. The molecule has 0 radical (unpaired) electrons. The van der Waals surface area contributed by atoms with E-state index in [2.05, 4.69) is 4.98 Å². The first kappa shape index (κ1) is 4.35. The van der Waals surface area contributed by atoms with Crippen LogP contribution in [0, 0.1) is 11.8 Å². The van der Waals surface area contributed by atoms with Crippen LogP contribution in [0.1, 0.15) is 34.8 Å². The molecule has 2 N–H and O–H groups in total. The van der Waals surface area contributed by atoms with Gasteiger partial charge < -0.3 is 10.6 Å². The van der Waals surface area contributed by atoms with Gasteiger partial charge in [0.1, 0.15) is 7.23 Å². The van der Waals surface area contributed by atoms with Gasteiger partial charge in [0, 0.05) is 28.3 Å². The van der Waals surface area contributed by atoms with Crippen LogP contribution in [-0.4, -0.2) is 24.0 Å². The van der Waals surface area contributed by atoms with Gasteiger partial charge in [-0.3, -0.25) is 0 Å². The first-order chi connectivity index (χ1) is 14.5. The van der Waals surface area contributed by atoms with Crippen LogP contribution >= 0.6 is 0 Å². The number of nitrogens with one attached hydrogen (secondary N) is 2. The van der Waals surface area contributed by atoms with Gasteiger partial charge in [-0.05, 0) is 43.2 Å². The van der Waals surface area contributed by atoms with Crippen LogP contribution in [0.4, 0.5) is 19.0 Å². The topological polar surface area (TPSA) is 37.0 Å². The van der Waals surface area contributed by atoms with Gasteiger partial charge in [0.05, 0.1) is 12.4 Å². The van der Waals surface area contributed by atoms with Crippen LogP contribution in [0.25, 0.3) is 0 Å². The fourth-order valence-electron chi connectivity index (χ4n) is 1.28. The van der Waals surface area contributed by atoms with E-state index < -0.39 is 90.0 Å². The minimum absolute atomic E-state index is 0.536. The van der Waals surface area contributed by atoms with Crippen LogP contribution in [0.2, 0.25) is 2.82 Å². The van der Waals surface area contributed by atoms with Gasteiger partial charge in [0.2, 0.25) is 0 Å². The Bertz CT molecular complexity index is 1020. The third-order valence-electron chi connectivity index (χ3n) is 2.29. The highest BCUT2D eigenvalue weighted by molar-refractivity contribution is 5.36. The molecule has 3 atom stereocenters. The molecule has 0 bridgehead atoms. The van der Waals surface area contributed by atoms with Gasteiger partial charge in [-0.25, -0.2) is 4.98 Å². The number of pyridine rings is 1. The van der Waals surface area contributed by atoms with E-state index in [0.29, 0.717) is 0 Å². The predicted octanol–water partition coefficient (Wildman–Crippen LogP) is 2.51. The van der Waals surface area contributed by atoms with Crippen molar-refractivity contribution in [3.8, 4) is 0 Å². The molecule has 2 fully saturated rings. The maximum atomic E-state index is 13.1. The molecule has 0 aromatic carbocycles. The molecule has 3 rings (SSSR count). The molecule has 1 saturated carbocycles. The van der Waals surface area contributed by atoms with Crippen LogP contribution in [0.5, 0.6) is 0 Å². The summed E-state index contributed by atoms with van der Waals surface area (Å²) in [6, 6.07) is -6.92. The lowest BCUT2D eigenvalue weighted by Gasteiger charge is -2.23. The third-order valence-corrected chi connectivity index (χ3v) is 2.29. The van der Waals surface area contributed by atoms with Crippen molar-refractivity contribution in [3.63, 3.8) is 0 Å². The maximum absolute atomic E-state index is 13.1. The second-order valence-electron chi connectivity index (χ2n) is 3.72. The van der Waals surface area contributed by atoms with Crippen molar-refractivity contribution in [3.05, 3.63) is 23.8 Å². The second kappa shape index (κ2) is 4.67. The summed E-state index contributed by atoms with van der Waals surface area (Å²) in [6.45, 7) is -7.17. The number of anilines is 1. The largest absolute Gasteiger partial charge is 0.417 e. The van der Waals surface area contributed by atoms with Crippen LogP contribution in [0.3, 0.4) is 0 Å². The highest BCUT2D eigenvalue weighted by Gasteiger charge is 2.41. The van der Waals surface area contributed by atoms with Crippen LogP contribution in [0.15, 0.2) is 18.3 Å². The number of hydrogen-bond acceptors (Lipinski definition) is 3. The Labute approximate surface area is 129 Å². The third kappa shape index (κ3) is 3.00. The summed E-state index contributed by atoms with van der Waals surface area (Å²) in [7, 11) is 0. The fraction of sp³-hybridized carbons (Fsp3) is 0.615. The summed E-state index contributed by atoms with van der Waals surface area (Å²) in [5.41, 5.74) is -1.95.